The summed E-state index contributed by atoms with van der Waals surface area (Å²) in [4.78, 5) is 11.5. The summed E-state index contributed by atoms with van der Waals surface area (Å²) in [5.74, 6) is 1.96. The first-order chi connectivity index (χ1) is 9.65. The molecule has 0 bridgehead atoms. The van der Waals surface area contributed by atoms with Gasteiger partial charge in [0.25, 0.3) is 0 Å². The predicted octanol–water partition coefficient (Wildman–Crippen LogP) is 3.21. The molecule has 0 N–H and O–H groups in total. The molecule has 112 valence electrons. The van der Waals surface area contributed by atoms with Crippen LogP contribution in [0.4, 0.5) is 0 Å². The minimum absolute atomic E-state index is 0.394. The number of ether oxygens (including phenoxy) is 3. The minimum atomic E-state index is -0.394. The van der Waals surface area contributed by atoms with Crippen molar-refractivity contribution in [3.63, 3.8) is 0 Å². The van der Waals surface area contributed by atoms with Gasteiger partial charge in [-0.15, -0.1) is 0 Å². The van der Waals surface area contributed by atoms with Crippen molar-refractivity contribution >= 4 is 18.6 Å². The summed E-state index contributed by atoms with van der Waals surface area (Å²) in [6, 6.07) is 5.02. The number of carbonyl (C=O) groups is 1. The predicted molar refractivity (Wildman–Crippen MR) is 82.1 cm³/mol. The highest BCUT2D eigenvalue weighted by atomic mass is 32.1. The van der Waals surface area contributed by atoms with Crippen LogP contribution in [0.15, 0.2) is 18.2 Å². The van der Waals surface area contributed by atoms with Gasteiger partial charge in [-0.3, -0.25) is 0 Å². The fourth-order valence-corrected chi connectivity index (χ4v) is 2.16. The van der Waals surface area contributed by atoms with Crippen LogP contribution >= 0.6 is 12.6 Å². The number of hydrogen-bond acceptors (Lipinski definition) is 5. The lowest BCUT2D eigenvalue weighted by Crippen LogP contribution is -2.14. The molecule has 1 aromatic rings. The smallest absolute Gasteiger partial charge is 0.337 e. The summed E-state index contributed by atoms with van der Waals surface area (Å²) in [6.45, 7) is 2.73. The summed E-state index contributed by atoms with van der Waals surface area (Å²) in [5.41, 5.74) is 0.441. The third-order valence-electron chi connectivity index (χ3n) is 3.01. The van der Waals surface area contributed by atoms with Crippen molar-refractivity contribution in [2.75, 3.05) is 26.6 Å². The molecular weight excluding hydrogens is 276 g/mol. The number of methoxy groups -OCH3 is 2. The maximum atomic E-state index is 11.5. The zero-order valence-corrected chi connectivity index (χ0v) is 13.1. The van der Waals surface area contributed by atoms with Crippen molar-refractivity contribution in [3.8, 4) is 11.5 Å². The van der Waals surface area contributed by atoms with Crippen LogP contribution in [0.1, 0.15) is 30.1 Å². The molecule has 0 amide bonds. The zero-order chi connectivity index (χ0) is 15.0. The second kappa shape index (κ2) is 8.74. The molecule has 4 nitrogen and oxygen atoms in total. The molecule has 1 rings (SSSR count). The number of hydrogen-bond donors (Lipinski definition) is 1. The van der Waals surface area contributed by atoms with Gasteiger partial charge in [0.15, 0.2) is 11.5 Å². The van der Waals surface area contributed by atoms with E-state index in [1.165, 1.54) is 7.11 Å². The maximum Gasteiger partial charge on any atom is 0.337 e. The van der Waals surface area contributed by atoms with Crippen molar-refractivity contribution in [1.82, 2.24) is 0 Å². The first-order valence-electron chi connectivity index (χ1n) is 6.66. The lowest BCUT2D eigenvalue weighted by molar-refractivity contribution is 0.0600. The Balaban J connectivity index is 2.77. The van der Waals surface area contributed by atoms with Crippen molar-refractivity contribution < 1.29 is 19.0 Å². The molecule has 1 atom stereocenters. The van der Waals surface area contributed by atoms with Crippen LogP contribution in [0.25, 0.3) is 0 Å². The van der Waals surface area contributed by atoms with Gasteiger partial charge >= 0.3 is 5.97 Å². The average Bonchev–Trinajstić information content (AvgIpc) is 2.50. The van der Waals surface area contributed by atoms with E-state index < -0.39 is 5.97 Å². The van der Waals surface area contributed by atoms with Crippen LogP contribution in [0.3, 0.4) is 0 Å². The molecule has 1 aromatic carbocycles. The van der Waals surface area contributed by atoms with Gasteiger partial charge in [-0.1, -0.05) is 13.3 Å². The lowest BCUT2D eigenvalue weighted by Gasteiger charge is -2.16. The highest BCUT2D eigenvalue weighted by molar-refractivity contribution is 7.80. The summed E-state index contributed by atoms with van der Waals surface area (Å²) < 4.78 is 15.7. The van der Waals surface area contributed by atoms with Gasteiger partial charge < -0.3 is 14.2 Å². The molecule has 0 fully saturated rings. The molecule has 1 unspecified atom stereocenters. The fraction of sp³-hybridized carbons (Fsp3) is 0.533. The molecule has 0 heterocycles. The van der Waals surface area contributed by atoms with Crippen molar-refractivity contribution in [2.45, 2.75) is 19.8 Å². The van der Waals surface area contributed by atoms with Gasteiger partial charge in [0.1, 0.15) is 0 Å². The van der Waals surface area contributed by atoms with Gasteiger partial charge in [-0.2, -0.15) is 12.6 Å². The normalized spacial score (nSPS) is 11.8. The quantitative estimate of drug-likeness (QED) is 0.591. The summed E-state index contributed by atoms with van der Waals surface area (Å²) in [5, 5.41) is 0. The number of carbonyl (C=O) groups excluding carboxylic acids is 1. The molecule has 20 heavy (non-hydrogen) atoms. The standard InChI is InChI=1S/C15H22O4S/c1-4-5-11(10-20)9-19-13-7-6-12(15(16)18-3)8-14(13)17-2/h6-8,11,20H,4-5,9-10H2,1-3H3. The topological polar surface area (TPSA) is 44.8 Å². The van der Waals surface area contributed by atoms with Gasteiger partial charge in [0, 0.05) is 5.92 Å². The second-order valence-corrected chi connectivity index (χ2v) is 4.87. The molecule has 0 aliphatic carbocycles. The number of esters is 1. The Hall–Kier alpha value is -1.36. The van der Waals surface area contributed by atoms with Gasteiger partial charge in [-0.25, -0.2) is 4.79 Å². The van der Waals surface area contributed by atoms with Crippen LogP contribution in [0.5, 0.6) is 11.5 Å². The van der Waals surface area contributed by atoms with Crippen LogP contribution in [-0.4, -0.2) is 32.5 Å². The molecule has 0 aliphatic heterocycles. The fourth-order valence-electron chi connectivity index (χ4n) is 1.87. The van der Waals surface area contributed by atoms with Crippen molar-refractivity contribution in [3.05, 3.63) is 23.8 Å². The monoisotopic (exact) mass is 298 g/mol. The van der Waals surface area contributed by atoms with E-state index in [2.05, 4.69) is 24.3 Å². The van der Waals surface area contributed by atoms with Crippen LogP contribution in [-0.2, 0) is 4.74 Å². The highest BCUT2D eigenvalue weighted by Crippen LogP contribution is 2.29. The Morgan fingerprint density at radius 1 is 1.30 bits per heavy atom. The molecule has 0 spiro atoms. The molecular formula is C15H22O4S. The van der Waals surface area contributed by atoms with Gasteiger partial charge in [-0.05, 0) is 30.4 Å². The second-order valence-electron chi connectivity index (χ2n) is 4.51. The summed E-state index contributed by atoms with van der Waals surface area (Å²) in [6.07, 6.45) is 2.18. The Morgan fingerprint density at radius 2 is 2.05 bits per heavy atom. The van der Waals surface area contributed by atoms with E-state index in [0.29, 0.717) is 29.6 Å². The number of benzene rings is 1. The zero-order valence-electron chi connectivity index (χ0n) is 12.2. The highest BCUT2D eigenvalue weighted by Gasteiger charge is 2.13. The molecule has 0 aliphatic rings. The number of thiol groups is 1. The SMILES string of the molecule is CCCC(CS)COc1ccc(C(=O)OC)cc1OC. The molecule has 0 radical (unpaired) electrons. The van der Waals surface area contributed by atoms with Crippen molar-refractivity contribution in [1.29, 1.82) is 0 Å². The summed E-state index contributed by atoms with van der Waals surface area (Å²) in [7, 11) is 2.90. The lowest BCUT2D eigenvalue weighted by atomic mass is 10.1. The van der Waals surface area contributed by atoms with Gasteiger partial charge in [0.2, 0.25) is 0 Å². The molecule has 0 saturated carbocycles. The van der Waals surface area contributed by atoms with E-state index in [-0.39, 0.29) is 0 Å². The Kier molecular flexibility index (Phi) is 7.30. The van der Waals surface area contributed by atoms with E-state index in [4.69, 9.17) is 9.47 Å². The van der Waals surface area contributed by atoms with Crippen LogP contribution in [0, 0.1) is 5.92 Å². The number of rotatable bonds is 8. The Morgan fingerprint density at radius 3 is 2.60 bits per heavy atom. The third kappa shape index (κ3) is 4.63. The third-order valence-corrected chi connectivity index (χ3v) is 3.53. The first kappa shape index (κ1) is 16.7. The average molecular weight is 298 g/mol. The molecule has 0 aromatic heterocycles. The van der Waals surface area contributed by atoms with E-state index in [0.717, 1.165) is 18.6 Å². The first-order valence-corrected chi connectivity index (χ1v) is 7.29. The van der Waals surface area contributed by atoms with E-state index in [1.54, 1.807) is 25.3 Å². The maximum absolute atomic E-state index is 11.5. The van der Waals surface area contributed by atoms with Crippen LogP contribution in [0.2, 0.25) is 0 Å². The Labute approximate surface area is 125 Å². The van der Waals surface area contributed by atoms with Crippen molar-refractivity contribution in [2.24, 2.45) is 5.92 Å². The largest absolute Gasteiger partial charge is 0.493 e. The minimum Gasteiger partial charge on any atom is -0.493 e. The van der Waals surface area contributed by atoms with E-state index in [1.807, 2.05) is 0 Å². The van der Waals surface area contributed by atoms with Gasteiger partial charge in [0.05, 0.1) is 26.4 Å². The van der Waals surface area contributed by atoms with E-state index in [9.17, 15) is 4.79 Å². The van der Waals surface area contributed by atoms with E-state index >= 15 is 0 Å². The molecule has 0 saturated heterocycles. The Bertz CT molecular complexity index is 434. The van der Waals surface area contributed by atoms with Crippen LogP contribution < -0.4 is 9.47 Å². The summed E-state index contributed by atoms with van der Waals surface area (Å²) >= 11 is 4.33. The molecule has 5 heteroatoms.